The number of nitrogens with zero attached hydrogens (tertiary/aromatic N) is 2. The number of hydrogen-bond donors (Lipinski definition) is 1. The molecule has 0 radical (unpaired) electrons. The largest absolute Gasteiger partial charge is 0.371 e. The third-order valence-electron chi connectivity index (χ3n) is 4.46. The zero-order valence-electron chi connectivity index (χ0n) is 13.6. The van der Waals surface area contributed by atoms with Gasteiger partial charge in [-0.15, -0.1) is 0 Å². The van der Waals surface area contributed by atoms with Crippen LogP contribution in [0.1, 0.15) is 18.4 Å². The Labute approximate surface area is 141 Å². The molecule has 1 amide bonds. The van der Waals surface area contributed by atoms with E-state index in [4.69, 9.17) is 0 Å². The van der Waals surface area contributed by atoms with Crippen molar-refractivity contribution in [2.75, 3.05) is 24.5 Å². The lowest BCUT2D eigenvalue weighted by Crippen LogP contribution is -2.31. The van der Waals surface area contributed by atoms with Gasteiger partial charge < -0.3 is 10.2 Å². The van der Waals surface area contributed by atoms with Crippen LogP contribution in [-0.2, 0) is 11.2 Å². The van der Waals surface area contributed by atoms with Crippen LogP contribution in [0.25, 0.3) is 0 Å². The molecule has 1 aromatic carbocycles. The molecule has 5 heteroatoms. The number of amides is 1. The Hall–Kier alpha value is -2.43. The molecular formula is C19H22FN3O. The molecule has 0 unspecified atom stereocenters. The normalized spacial score (nSPS) is 17.0. The van der Waals surface area contributed by atoms with Crippen LogP contribution in [-0.4, -0.2) is 30.5 Å². The van der Waals surface area contributed by atoms with Gasteiger partial charge >= 0.3 is 0 Å². The van der Waals surface area contributed by atoms with Gasteiger partial charge in [0.15, 0.2) is 0 Å². The summed E-state index contributed by atoms with van der Waals surface area (Å²) in [5.41, 5.74) is 2.17. The van der Waals surface area contributed by atoms with E-state index in [0.29, 0.717) is 18.9 Å². The van der Waals surface area contributed by atoms with Crippen molar-refractivity contribution >= 4 is 11.6 Å². The molecule has 126 valence electrons. The lowest BCUT2D eigenvalue weighted by atomic mass is 10.1. The molecule has 1 atom stereocenters. The first-order valence-electron chi connectivity index (χ1n) is 8.37. The molecule has 2 aromatic rings. The third kappa shape index (κ3) is 4.54. The van der Waals surface area contributed by atoms with Gasteiger partial charge in [-0.3, -0.25) is 9.78 Å². The minimum atomic E-state index is -0.212. The molecule has 0 spiro atoms. The van der Waals surface area contributed by atoms with Gasteiger partial charge in [-0.2, -0.15) is 0 Å². The number of pyridine rings is 1. The average Bonchev–Trinajstić information content (AvgIpc) is 3.09. The Balaban J connectivity index is 1.39. The van der Waals surface area contributed by atoms with Crippen LogP contribution in [0.3, 0.4) is 0 Å². The van der Waals surface area contributed by atoms with Gasteiger partial charge in [-0.25, -0.2) is 4.39 Å². The molecule has 0 bridgehead atoms. The quantitative estimate of drug-likeness (QED) is 0.887. The third-order valence-corrected chi connectivity index (χ3v) is 4.46. The fraction of sp³-hybridized carbons (Fsp3) is 0.368. The second kappa shape index (κ2) is 7.90. The van der Waals surface area contributed by atoms with Gasteiger partial charge in [-0.05, 0) is 60.7 Å². The van der Waals surface area contributed by atoms with Crippen LogP contribution in [0.15, 0.2) is 48.8 Å². The Kier molecular flexibility index (Phi) is 5.41. The molecule has 0 aliphatic carbocycles. The van der Waals surface area contributed by atoms with E-state index in [-0.39, 0.29) is 11.7 Å². The molecule has 1 aliphatic rings. The van der Waals surface area contributed by atoms with Crippen molar-refractivity contribution in [2.24, 2.45) is 5.92 Å². The van der Waals surface area contributed by atoms with Crippen molar-refractivity contribution in [2.45, 2.75) is 19.3 Å². The van der Waals surface area contributed by atoms with Crippen molar-refractivity contribution in [1.82, 2.24) is 10.3 Å². The summed E-state index contributed by atoms with van der Waals surface area (Å²) in [5, 5.41) is 3.03. The standard InChI is InChI=1S/C19H22FN3O/c20-17-2-4-18(5-3-17)23-12-9-16(14-23)13-22-19(24)6-1-15-7-10-21-11-8-15/h2-5,7-8,10-11,16H,1,6,9,12-14H2,(H,22,24)/t16-/m0/s1. The summed E-state index contributed by atoms with van der Waals surface area (Å²) in [6, 6.07) is 10.5. The highest BCUT2D eigenvalue weighted by atomic mass is 19.1. The fourth-order valence-electron chi connectivity index (χ4n) is 3.04. The summed E-state index contributed by atoms with van der Waals surface area (Å²) >= 11 is 0. The summed E-state index contributed by atoms with van der Waals surface area (Å²) in [7, 11) is 0. The second-order valence-corrected chi connectivity index (χ2v) is 6.24. The van der Waals surface area contributed by atoms with Gasteiger partial charge in [0.25, 0.3) is 0 Å². The summed E-state index contributed by atoms with van der Waals surface area (Å²) in [5.74, 6) is 0.322. The first kappa shape index (κ1) is 16.4. The second-order valence-electron chi connectivity index (χ2n) is 6.24. The summed E-state index contributed by atoms with van der Waals surface area (Å²) in [4.78, 5) is 18.2. The predicted octanol–water partition coefficient (Wildman–Crippen LogP) is 2.80. The van der Waals surface area contributed by atoms with Crippen LogP contribution < -0.4 is 10.2 Å². The van der Waals surface area contributed by atoms with Gasteiger partial charge in [0.05, 0.1) is 0 Å². The summed E-state index contributed by atoms with van der Waals surface area (Å²) in [6.07, 6.45) is 5.77. The van der Waals surface area contributed by atoms with E-state index in [2.05, 4.69) is 15.2 Å². The molecule has 3 rings (SSSR count). The van der Waals surface area contributed by atoms with E-state index >= 15 is 0 Å². The van der Waals surface area contributed by atoms with Crippen molar-refractivity contribution < 1.29 is 9.18 Å². The van der Waals surface area contributed by atoms with E-state index in [1.165, 1.54) is 12.1 Å². The molecule has 1 saturated heterocycles. The predicted molar refractivity (Wildman–Crippen MR) is 92.3 cm³/mol. The Morgan fingerprint density at radius 1 is 1.21 bits per heavy atom. The highest BCUT2D eigenvalue weighted by Gasteiger charge is 2.23. The van der Waals surface area contributed by atoms with Crippen LogP contribution in [0, 0.1) is 11.7 Å². The van der Waals surface area contributed by atoms with Crippen LogP contribution in [0.5, 0.6) is 0 Å². The Morgan fingerprint density at radius 2 is 1.96 bits per heavy atom. The topological polar surface area (TPSA) is 45.2 Å². The van der Waals surface area contributed by atoms with Gasteiger partial charge in [0.2, 0.25) is 5.91 Å². The van der Waals surface area contributed by atoms with Crippen molar-refractivity contribution in [1.29, 1.82) is 0 Å². The number of benzene rings is 1. The molecule has 1 aromatic heterocycles. The van der Waals surface area contributed by atoms with Crippen molar-refractivity contribution in [3.05, 3.63) is 60.2 Å². The molecule has 1 N–H and O–H groups in total. The summed E-state index contributed by atoms with van der Waals surface area (Å²) in [6.45, 7) is 2.55. The lowest BCUT2D eigenvalue weighted by Gasteiger charge is -2.18. The minimum Gasteiger partial charge on any atom is -0.371 e. The zero-order valence-corrected chi connectivity index (χ0v) is 13.6. The lowest BCUT2D eigenvalue weighted by molar-refractivity contribution is -0.121. The number of anilines is 1. The van der Waals surface area contributed by atoms with E-state index in [1.807, 2.05) is 24.3 Å². The first-order chi connectivity index (χ1) is 11.7. The average molecular weight is 327 g/mol. The number of halogens is 1. The number of carbonyl (C=O) groups excluding carboxylic acids is 1. The number of rotatable bonds is 6. The van der Waals surface area contributed by atoms with Crippen molar-refractivity contribution in [3.63, 3.8) is 0 Å². The number of carbonyl (C=O) groups is 1. The fourth-order valence-corrected chi connectivity index (χ4v) is 3.04. The number of nitrogens with one attached hydrogen (secondary N) is 1. The maximum atomic E-state index is 13.0. The van der Waals surface area contributed by atoms with Crippen molar-refractivity contribution in [3.8, 4) is 0 Å². The zero-order chi connectivity index (χ0) is 16.8. The number of aromatic nitrogens is 1. The molecule has 0 saturated carbocycles. The van der Waals surface area contributed by atoms with Crippen LogP contribution in [0.2, 0.25) is 0 Å². The van der Waals surface area contributed by atoms with E-state index in [1.54, 1.807) is 12.4 Å². The maximum absolute atomic E-state index is 13.0. The van der Waals surface area contributed by atoms with Gasteiger partial charge in [0.1, 0.15) is 5.82 Å². The number of aryl methyl sites for hydroxylation is 1. The maximum Gasteiger partial charge on any atom is 0.220 e. The molecule has 4 nitrogen and oxygen atoms in total. The monoisotopic (exact) mass is 327 g/mol. The van der Waals surface area contributed by atoms with E-state index in [0.717, 1.165) is 37.2 Å². The van der Waals surface area contributed by atoms with Crippen LogP contribution >= 0.6 is 0 Å². The smallest absolute Gasteiger partial charge is 0.220 e. The highest BCUT2D eigenvalue weighted by Crippen LogP contribution is 2.23. The van der Waals surface area contributed by atoms with Crippen LogP contribution in [0.4, 0.5) is 10.1 Å². The first-order valence-corrected chi connectivity index (χ1v) is 8.37. The van der Waals surface area contributed by atoms with Gasteiger partial charge in [-0.1, -0.05) is 0 Å². The highest BCUT2D eigenvalue weighted by molar-refractivity contribution is 5.76. The molecule has 2 heterocycles. The van der Waals surface area contributed by atoms with Gasteiger partial charge in [0, 0.05) is 44.1 Å². The minimum absolute atomic E-state index is 0.0899. The van der Waals surface area contributed by atoms with E-state index < -0.39 is 0 Å². The SMILES string of the molecule is O=C(CCc1ccncc1)NC[C@@H]1CCN(c2ccc(F)cc2)C1. The molecule has 1 fully saturated rings. The molecular weight excluding hydrogens is 305 g/mol. The summed E-state index contributed by atoms with van der Waals surface area (Å²) < 4.78 is 13.0. The Bertz CT molecular complexity index is 660. The molecule has 24 heavy (non-hydrogen) atoms. The Morgan fingerprint density at radius 3 is 2.71 bits per heavy atom. The number of hydrogen-bond acceptors (Lipinski definition) is 3. The molecule has 1 aliphatic heterocycles. The van der Waals surface area contributed by atoms with E-state index in [9.17, 15) is 9.18 Å².